The van der Waals surface area contributed by atoms with Gasteiger partial charge in [0, 0.05) is 39.6 Å². The van der Waals surface area contributed by atoms with Crippen molar-refractivity contribution in [2.24, 2.45) is 5.92 Å². The van der Waals surface area contributed by atoms with Crippen molar-refractivity contribution in [3.63, 3.8) is 0 Å². The van der Waals surface area contributed by atoms with Gasteiger partial charge in [0.1, 0.15) is 5.69 Å². The molecule has 18 heavy (non-hydrogen) atoms. The van der Waals surface area contributed by atoms with E-state index in [1.165, 1.54) is 4.90 Å². The van der Waals surface area contributed by atoms with Crippen LogP contribution in [0.15, 0.2) is 18.3 Å². The Morgan fingerprint density at radius 1 is 1.50 bits per heavy atom. The second-order valence-electron chi connectivity index (χ2n) is 4.51. The molecule has 1 rings (SSSR count). The Bertz CT molecular complexity index is 464. The van der Waals surface area contributed by atoms with E-state index in [4.69, 9.17) is 5.26 Å². The number of aromatic nitrogens is 1. The first kappa shape index (κ1) is 14.0. The molecule has 0 bridgehead atoms. The Balaban J connectivity index is 2.89. The van der Waals surface area contributed by atoms with Crippen molar-refractivity contribution < 1.29 is 4.79 Å². The van der Waals surface area contributed by atoms with Gasteiger partial charge in [0.05, 0.1) is 12.0 Å². The summed E-state index contributed by atoms with van der Waals surface area (Å²) in [6, 6.07) is 5.76. The zero-order valence-corrected chi connectivity index (χ0v) is 11.2. The van der Waals surface area contributed by atoms with Gasteiger partial charge in [-0.1, -0.05) is 0 Å². The summed E-state index contributed by atoms with van der Waals surface area (Å²) in [6.07, 6.45) is 1.61. The minimum Gasteiger partial charge on any atom is -0.373 e. The number of anilines is 1. The third-order valence-electron chi connectivity index (χ3n) is 2.58. The molecule has 1 aromatic heterocycles. The first-order valence-electron chi connectivity index (χ1n) is 5.74. The maximum atomic E-state index is 11.8. The van der Waals surface area contributed by atoms with Crippen LogP contribution in [0.2, 0.25) is 0 Å². The van der Waals surface area contributed by atoms with E-state index in [2.05, 4.69) is 11.1 Å². The summed E-state index contributed by atoms with van der Waals surface area (Å²) in [7, 11) is 5.28. The summed E-state index contributed by atoms with van der Waals surface area (Å²) in [5.74, 6) is -0.185. The smallest absolute Gasteiger partial charge is 0.272 e. The molecule has 0 saturated carbocycles. The number of amides is 1. The van der Waals surface area contributed by atoms with Crippen LogP contribution in [-0.4, -0.2) is 43.5 Å². The van der Waals surface area contributed by atoms with Gasteiger partial charge in [-0.15, -0.1) is 0 Å². The summed E-state index contributed by atoms with van der Waals surface area (Å²) >= 11 is 0. The lowest BCUT2D eigenvalue weighted by Crippen LogP contribution is -2.25. The average Bonchev–Trinajstić information content (AvgIpc) is 2.37. The van der Waals surface area contributed by atoms with Gasteiger partial charge in [0.15, 0.2) is 0 Å². The Hall–Kier alpha value is -2.09. The summed E-state index contributed by atoms with van der Waals surface area (Å²) in [5, 5.41) is 8.80. The summed E-state index contributed by atoms with van der Waals surface area (Å²) in [5.41, 5.74) is 1.30. The molecular weight excluding hydrogens is 228 g/mol. The maximum Gasteiger partial charge on any atom is 0.272 e. The van der Waals surface area contributed by atoms with E-state index in [-0.39, 0.29) is 11.8 Å². The van der Waals surface area contributed by atoms with Gasteiger partial charge in [-0.05, 0) is 19.1 Å². The van der Waals surface area contributed by atoms with E-state index in [9.17, 15) is 4.79 Å². The van der Waals surface area contributed by atoms with Crippen molar-refractivity contribution in [2.75, 3.05) is 32.6 Å². The van der Waals surface area contributed by atoms with Gasteiger partial charge in [0.2, 0.25) is 0 Å². The quantitative estimate of drug-likeness (QED) is 0.805. The fourth-order valence-corrected chi connectivity index (χ4v) is 1.56. The van der Waals surface area contributed by atoms with Crippen molar-refractivity contribution in [1.82, 2.24) is 9.88 Å². The molecule has 1 heterocycles. The first-order valence-corrected chi connectivity index (χ1v) is 5.74. The molecule has 0 spiro atoms. The first-order chi connectivity index (χ1) is 8.45. The largest absolute Gasteiger partial charge is 0.373 e. The molecule has 5 heteroatoms. The fraction of sp³-hybridized carbons (Fsp3) is 0.462. The number of carbonyl (C=O) groups excluding carboxylic acids is 1. The van der Waals surface area contributed by atoms with Crippen molar-refractivity contribution in [3.8, 4) is 6.07 Å². The molecule has 0 aliphatic heterocycles. The normalized spacial score (nSPS) is 11.5. The predicted octanol–water partition coefficient (Wildman–Crippen LogP) is 1.38. The second kappa shape index (κ2) is 6.01. The molecular formula is C13H18N4O. The highest BCUT2D eigenvalue weighted by Gasteiger charge is 2.12. The molecule has 1 unspecified atom stereocenters. The molecule has 0 aromatic carbocycles. The van der Waals surface area contributed by atoms with Gasteiger partial charge >= 0.3 is 0 Å². The van der Waals surface area contributed by atoms with Crippen molar-refractivity contribution in [3.05, 3.63) is 24.0 Å². The van der Waals surface area contributed by atoms with Gasteiger partial charge < -0.3 is 9.80 Å². The van der Waals surface area contributed by atoms with Crippen molar-refractivity contribution in [2.45, 2.75) is 6.92 Å². The highest BCUT2D eigenvalue weighted by molar-refractivity contribution is 5.92. The van der Waals surface area contributed by atoms with Crippen molar-refractivity contribution in [1.29, 1.82) is 5.26 Å². The lowest BCUT2D eigenvalue weighted by molar-refractivity contribution is 0.0822. The molecule has 96 valence electrons. The summed E-state index contributed by atoms with van der Waals surface area (Å²) in [6.45, 7) is 2.49. The minimum absolute atomic E-state index is 0.0591. The van der Waals surface area contributed by atoms with Gasteiger partial charge in [-0.25, -0.2) is 0 Å². The third-order valence-corrected chi connectivity index (χ3v) is 2.58. The fourth-order valence-electron chi connectivity index (χ4n) is 1.56. The average molecular weight is 246 g/mol. The maximum absolute atomic E-state index is 11.8. The van der Waals surface area contributed by atoms with Crippen LogP contribution in [0, 0.1) is 17.2 Å². The highest BCUT2D eigenvalue weighted by atomic mass is 16.2. The Morgan fingerprint density at radius 3 is 2.72 bits per heavy atom. The standard InChI is InChI=1S/C13H18N4O/c1-10(8-14)9-17(4)11-5-6-15-12(7-11)13(18)16(2)3/h5-7,10H,9H2,1-4H3. The number of hydrogen-bond donors (Lipinski definition) is 0. The van der Waals surface area contributed by atoms with Crippen LogP contribution >= 0.6 is 0 Å². The number of carbonyl (C=O) groups is 1. The Labute approximate surface area is 108 Å². The van der Waals surface area contributed by atoms with Crippen LogP contribution < -0.4 is 4.90 Å². The second-order valence-corrected chi connectivity index (χ2v) is 4.51. The van der Waals surface area contributed by atoms with Crippen LogP contribution in [0.25, 0.3) is 0 Å². The summed E-state index contributed by atoms with van der Waals surface area (Å²) < 4.78 is 0. The van der Waals surface area contributed by atoms with Crippen LogP contribution in [-0.2, 0) is 0 Å². The zero-order valence-electron chi connectivity index (χ0n) is 11.2. The molecule has 0 aliphatic rings. The number of nitriles is 1. The van der Waals surface area contributed by atoms with E-state index in [0.29, 0.717) is 12.2 Å². The Kier molecular flexibility index (Phi) is 4.67. The third kappa shape index (κ3) is 3.45. The zero-order chi connectivity index (χ0) is 13.7. The van der Waals surface area contributed by atoms with E-state index in [1.807, 2.05) is 24.9 Å². The molecule has 1 amide bonds. The number of rotatable bonds is 4. The number of pyridine rings is 1. The number of nitrogens with zero attached hydrogens (tertiary/aromatic N) is 4. The monoisotopic (exact) mass is 246 g/mol. The van der Waals surface area contributed by atoms with E-state index in [1.54, 1.807) is 26.4 Å². The van der Waals surface area contributed by atoms with E-state index >= 15 is 0 Å². The van der Waals surface area contributed by atoms with E-state index in [0.717, 1.165) is 5.69 Å². The number of hydrogen-bond acceptors (Lipinski definition) is 4. The molecule has 0 aliphatic carbocycles. The predicted molar refractivity (Wildman–Crippen MR) is 70.3 cm³/mol. The molecule has 1 aromatic rings. The highest BCUT2D eigenvalue weighted by Crippen LogP contribution is 2.15. The Morgan fingerprint density at radius 2 is 2.17 bits per heavy atom. The van der Waals surface area contributed by atoms with E-state index < -0.39 is 0 Å². The molecule has 5 nitrogen and oxygen atoms in total. The topological polar surface area (TPSA) is 60.2 Å². The van der Waals surface area contributed by atoms with Gasteiger partial charge in [-0.2, -0.15) is 5.26 Å². The van der Waals surface area contributed by atoms with Crippen LogP contribution in [0.5, 0.6) is 0 Å². The SMILES string of the molecule is CC(C#N)CN(C)c1ccnc(C(=O)N(C)C)c1. The molecule has 0 fully saturated rings. The van der Waals surface area contributed by atoms with Gasteiger partial charge in [-0.3, -0.25) is 9.78 Å². The molecule has 0 N–H and O–H groups in total. The summed E-state index contributed by atoms with van der Waals surface area (Å²) in [4.78, 5) is 19.3. The van der Waals surface area contributed by atoms with Crippen LogP contribution in [0.1, 0.15) is 17.4 Å². The lowest BCUT2D eigenvalue weighted by Gasteiger charge is -2.21. The van der Waals surface area contributed by atoms with Crippen LogP contribution in [0.3, 0.4) is 0 Å². The van der Waals surface area contributed by atoms with Crippen LogP contribution in [0.4, 0.5) is 5.69 Å². The van der Waals surface area contributed by atoms with Gasteiger partial charge in [0.25, 0.3) is 5.91 Å². The molecule has 1 atom stereocenters. The minimum atomic E-state index is -0.126. The lowest BCUT2D eigenvalue weighted by atomic mass is 10.2. The van der Waals surface area contributed by atoms with Crippen molar-refractivity contribution >= 4 is 11.6 Å². The molecule has 0 radical (unpaired) electrons. The molecule has 0 saturated heterocycles.